The molecule has 3 heterocycles. The van der Waals surface area contributed by atoms with E-state index >= 15 is 0 Å². The lowest BCUT2D eigenvalue weighted by Gasteiger charge is -2.29. The fraction of sp³-hybridized carbons (Fsp3) is 0.368. The summed E-state index contributed by atoms with van der Waals surface area (Å²) in [6.45, 7) is 0.968. The van der Waals surface area contributed by atoms with Crippen LogP contribution in [0.1, 0.15) is 17.7 Å². The average Bonchev–Trinajstić information content (AvgIpc) is 3.42. The fourth-order valence-electron chi connectivity index (χ4n) is 3.39. The smallest absolute Gasteiger partial charge is 0.265 e. The molecule has 0 unspecified atom stereocenters. The Morgan fingerprint density at radius 1 is 1.21 bits per heavy atom. The molecule has 4 rings (SSSR count). The van der Waals surface area contributed by atoms with E-state index in [0.717, 1.165) is 17.7 Å². The van der Waals surface area contributed by atoms with Gasteiger partial charge in [-0.15, -0.1) is 11.3 Å². The summed E-state index contributed by atoms with van der Waals surface area (Å²) in [6.07, 6.45) is 1.67. The summed E-state index contributed by atoms with van der Waals surface area (Å²) in [6, 6.07) is 8.26. The van der Waals surface area contributed by atoms with Crippen LogP contribution in [-0.4, -0.2) is 50.8 Å². The zero-order chi connectivity index (χ0) is 20.4. The quantitative estimate of drug-likeness (QED) is 0.743. The standard InChI is InChI=1S/C19H21N3O5S2/c23-18(20-11-14-4-3-9-28-14)12-22-16-10-15(5-6-17(16)27-13-19(22)24)29(25,26)21-7-1-2-8-21/h3-6,9-10H,1-2,7-8,11-13H2,(H,20,23). The van der Waals surface area contributed by atoms with Crippen molar-refractivity contribution in [2.75, 3.05) is 31.1 Å². The topological polar surface area (TPSA) is 96.0 Å². The second-order valence-electron chi connectivity index (χ2n) is 6.87. The van der Waals surface area contributed by atoms with Gasteiger partial charge in [0.15, 0.2) is 6.61 Å². The lowest BCUT2D eigenvalue weighted by Crippen LogP contribution is -2.45. The summed E-state index contributed by atoms with van der Waals surface area (Å²) >= 11 is 1.53. The molecule has 1 N–H and O–H groups in total. The fourth-order valence-corrected chi connectivity index (χ4v) is 5.57. The Labute approximate surface area is 173 Å². The number of hydrogen-bond acceptors (Lipinski definition) is 6. The third kappa shape index (κ3) is 4.14. The number of rotatable bonds is 6. The first kappa shape index (κ1) is 19.9. The van der Waals surface area contributed by atoms with Gasteiger partial charge in [0.25, 0.3) is 5.91 Å². The third-order valence-corrected chi connectivity index (χ3v) is 7.69. The van der Waals surface area contributed by atoms with Crippen molar-refractivity contribution in [3.63, 3.8) is 0 Å². The number of carbonyl (C=O) groups is 2. The van der Waals surface area contributed by atoms with Gasteiger partial charge in [-0.1, -0.05) is 6.07 Å². The number of nitrogens with zero attached hydrogens (tertiary/aromatic N) is 2. The minimum Gasteiger partial charge on any atom is -0.482 e. The average molecular weight is 436 g/mol. The number of nitrogens with one attached hydrogen (secondary N) is 1. The highest BCUT2D eigenvalue weighted by Crippen LogP contribution is 2.35. The highest BCUT2D eigenvalue weighted by Gasteiger charge is 2.32. The number of benzene rings is 1. The van der Waals surface area contributed by atoms with E-state index in [9.17, 15) is 18.0 Å². The molecule has 1 fully saturated rings. The van der Waals surface area contributed by atoms with Gasteiger partial charge in [0.1, 0.15) is 12.3 Å². The molecule has 1 aromatic heterocycles. The van der Waals surface area contributed by atoms with Crippen molar-refractivity contribution in [1.29, 1.82) is 0 Å². The summed E-state index contributed by atoms with van der Waals surface area (Å²) in [4.78, 5) is 27.2. The van der Waals surface area contributed by atoms with Crippen molar-refractivity contribution in [2.45, 2.75) is 24.3 Å². The Kier molecular flexibility index (Phi) is 5.57. The Morgan fingerprint density at radius 3 is 2.72 bits per heavy atom. The number of carbonyl (C=O) groups excluding carboxylic acids is 2. The Balaban J connectivity index is 1.55. The largest absolute Gasteiger partial charge is 0.482 e. The van der Waals surface area contributed by atoms with Crippen molar-refractivity contribution < 1.29 is 22.7 Å². The summed E-state index contributed by atoms with van der Waals surface area (Å²) in [7, 11) is -3.64. The Hall–Kier alpha value is -2.43. The van der Waals surface area contributed by atoms with Crippen LogP contribution in [0.4, 0.5) is 5.69 Å². The first-order valence-electron chi connectivity index (χ1n) is 9.31. The van der Waals surface area contributed by atoms with Gasteiger partial charge in [-0.25, -0.2) is 8.42 Å². The lowest BCUT2D eigenvalue weighted by atomic mass is 10.2. The van der Waals surface area contributed by atoms with Crippen molar-refractivity contribution in [2.24, 2.45) is 0 Å². The molecule has 0 saturated carbocycles. The molecule has 154 valence electrons. The predicted octanol–water partition coefficient (Wildman–Crippen LogP) is 1.57. The zero-order valence-electron chi connectivity index (χ0n) is 15.7. The molecule has 8 nitrogen and oxygen atoms in total. The molecule has 2 amide bonds. The van der Waals surface area contributed by atoms with Crippen LogP contribution in [0.15, 0.2) is 40.6 Å². The first-order valence-corrected chi connectivity index (χ1v) is 11.6. The molecule has 2 aliphatic rings. The molecule has 2 aliphatic heterocycles. The van der Waals surface area contributed by atoms with Gasteiger partial charge < -0.3 is 10.1 Å². The van der Waals surface area contributed by atoms with Crippen molar-refractivity contribution in [1.82, 2.24) is 9.62 Å². The zero-order valence-corrected chi connectivity index (χ0v) is 17.3. The maximum absolute atomic E-state index is 12.9. The van der Waals surface area contributed by atoms with Crippen LogP contribution in [0.5, 0.6) is 5.75 Å². The van der Waals surface area contributed by atoms with Crippen LogP contribution >= 0.6 is 11.3 Å². The minimum absolute atomic E-state index is 0.0976. The molecule has 0 atom stereocenters. The maximum Gasteiger partial charge on any atom is 0.265 e. The molecule has 0 bridgehead atoms. The number of sulfonamides is 1. The van der Waals surface area contributed by atoms with E-state index in [2.05, 4.69) is 5.32 Å². The van der Waals surface area contributed by atoms with Crippen molar-refractivity contribution in [3.8, 4) is 5.75 Å². The van der Waals surface area contributed by atoms with E-state index in [4.69, 9.17) is 4.74 Å². The summed E-state index contributed by atoms with van der Waals surface area (Å²) in [5.74, 6) is -0.331. The molecule has 0 spiro atoms. The van der Waals surface area contributed by atoms with E-state index in [0.29, 0.717) is 31.1 Å². The monoisotopic (exact) mass is 435 g/mol. The number of amides is 2. The molecule has 1 aromatic carbocycles. The normalized spacial score (nSPS) is 17.1. The van der Waals surface area contributed by atoms with Gasteiger partial charge >= 0.3 is 0 Å². The minimum atomic E-state index is -3.64. The van der Waals surface area contributed by atoms with Gasteiger partial charge in [0, 0.05) is 18.0 Å². The van der Waals surface area contributed by atoms with Crippen LogP contribution in [0.25, 0.3) is 0 Å². The third-order valence-electron chi connectivity index (χ3n) is 4.92. The van der Waals surface area contributed by atoms with Crippen LogP contribution in [0, 0.1) is 0 Å². The molecule has 0 radical (unpaired) electrons. The summed E-state index contributed by atoms with van der Waals surface area (Å²) in [5, 5.41) is 4.71. The van der Waals surface area contributed by atoms with Crippen LogP contribution in [-0.2, 0) is 26.2 Å². The van der Waals surface area contributed by atoms with E-state index in [1.807, 2.05) is 17.5 Å². The van der Waals surface area contributed by atoms with Crippen LogP contribution < -0.4 is 15.0 Å². The number of ether oxygens (including phenoxy) is 1. The molecule has 0 aliphatic carbocycles. The molecular formula is C19H21N3O5S2. The second kappa shape index (κ2) is 8.13. The molecule has 2 aromatic rings. The van der Waals surface area contributed by atoms with Gasteiger partial charge in [0.2, 0.25) is 15.9 Å². The highest BCUT2D eigenvalue weighted by molar-refractivity contribution is 7.89. The predicted molar refractivity (Wildman–Crippen MR) is 108 cm³/mol. The van der Waals surface area contributed by atoms with Crippen molar-refractivity contribution >= 4 is 38.9 Å². The van der Waals surface area contributed by atoms with Gasteiger partial charge in [-0.3, -0.25) is 14.5 Å². The van der Waals surface area contributed by atoms with E-state index in [-0.39, 0.29) is 29.9 Å². The Morgan fingerprint density at radius 2 is 2.00 bits per heavy atom. The number of fused-ring (bicyclic) bond motifs is 1. The van der Waals surface area contributed by atoms with Gasteiger partial charge in [0.05, 0.1) is 17.1 Å². The number of anilines is 1. The van der Waals surface area contributed by atoms with Crippen LogP contribution in [0.3, 0.4) is 0 Å². The van der Waals surface area contributed by atoms with E-state index in [1.54, 1.807) is 6.07 Å². The maximum atomic E-state index is 12.9. The first-order chi connectivity index (χ1) is 13.9. The highest BCUT2D eigenvalue weighted by atomic mass is 32.2. The van der Waals surface area contributed by atoms with Crippen molar-refractivity contribution in [3.05, 3.63) is 40.6 Å². The summed E-state index contributed by atoms with van der Waals surface area (Å²) in [5.41, 5.74) is 0.299. The second-order valence-corrected chi connectivity index (χ2v) is 9.84. The molecule has 1 saturated heterocycles. The van der Waals surface area contributed by atoms with E-state index in [1.165, 1.54) is 32.7 Å². The van der Waals surface area contributed by atoms with E-state index < -0.39 is 10.0 Å². The number of thiophene rings is 1. The van der Waals surface area contributed by atoms with Gasteiger partial charge in [-0.2, -0.15) is 4.31 Å². The Bertz CT molecular complexity index is 1010. The molecular weight excluding hydrogens is 414 g/mol. The van der Waals surface area contributed by atoms with Gasteiger partial charge in [-0.05, 0) is 42.5 Å². The molecule has 29 heavy (non-hydrogen) atoms. The SMILES string of the molecule is O=C(CN1C(=O)COc2ccc(S(=O)(=O)N3CCCC3)cc21)NCc1cccs1. The number of hydrogen-bond donors (Lipinski definition) is 1. The van der Waals surface area contributed by atoms with Crippen LogP contribution in [0.2, 0.25) is 0 Å². The lowest BCUT2D eigenvalue weighted by molar-refractivity contribution is -0.125. The molecule has 10 heteroatoms. The summed E-state index contributed by atoms with van der Waals surface area (Å²) < 4.78 is 32.6.